The van der Waals surface area contributed by atoms with Gasteiger partial charge in [-0.05, 0) is 6.92 Å². The summed E-state index contributed by atoms with van der Waals surface area (Å²) >= 11 is 0. The molecule has 0 bridgehead atoms. The summed E-state index contributed by atoms with van der Waals surface area (Å²) in [5.41, 5.74) is 3.78. The van der Waals surface area contributed by atoms with Gasteiger partial charge in [0.25, 0.3) is 0 Å². The SMILES string of the molecule is C/C=C\C(N)(C#N)CF. The lowest BCUT2D eigenvalue weighted by molar-refractivity contribution is 0.416. The number of nitrogens with two attached hydrogens (primary N) is 1. The molecule has 0 aliphatic rings. The molecule has 50 valence electrons. The number of rotatable bonds is 2. The molecule has 0 saturated heterocycles. The van der Waals surface area contributed by atoms with Gasteiger partial charge in [0.1, 0.15) is 6.67 Å². The molecular weight excluding hydrogens is 119 g/mol. The fourth-order valence-corrected chi connectivity index (χ4v) is 0.409. The zero-order chi connectivity index (χ0) is 7.33. The topological polar surface area (TPSA) is 49.8 Å². The van der Waals surface area contributed by atoms with Crippen LogP contribution in [0.3, 0.4) is 0 Å². The minimum Gasteiger partial charge on any atom is -0.308 e. The van der Waals surface area contributed by atoms with Crippen molar-refractivity contribution in [3.8, 4) is 6.07 Å². The van der Waals surface area contributed by atoms with Crippen LogP contribution in [0, 0.1) is 11.3 Å². The van der Waals surface area contributed by atoms with E-state index in [1.807, 2.05) is 0 Å². The van der Waals surface area contributed by atoms with Crippen LogP contribution in [0.4, 0.5) is 4.39 Å². The van der Waals surface area contributed by atoms with Crippen molar-refractivity contribution in [2.24, 2.45) is 5.73 Å². The largest absolute Gasteiger partial charge is 0.308 e. The fraction of sp³-hybridized carbons (Fsp3) is 0.500. The highest BCUT2D eigenvalue weighted by Gasteiger charge is 2.19. The normalized spacial score (nSPS) is 17.1. The molecule has 1 unspecified atom stereocenters. The second-order valence-electron chi connectivity index (χ2n) is 1.79. The Morgan fingerprint density at radius 1 is 1.89 bits per heavy atom. The quantitative estimate of drug-likeness (QED) is 0.558. The molecule has 0 aliphatic carbocycles. The average Bonchev–Trinajstić information content (AvgIpc) is 1.89. The maximum atomic E-state index is 11.8. The number of alkyl halides is 1. The minimum absolute atomic E-state index is 0.839. The second-order valence-corrected chi connectivity index (χ2v) is 1.79. The number of hydrogen-bond donors (Lipinski definition) is 1. The number of nitriles is 1. The molecule has 0 aromatic rings. The van der Waals surface area contributed by atoms with Crippen LogP contribution < -0.4 is 5.73 Å². The number of nitrogens with zero attached hydrogens (tertiary/aromatic N) is 1. The van der Waals surface area contributed by atoms with Crippen LogP contribution in [0.5, 0.6) is 0 Å². The molecule has 0 heterocycles. The van der Waals surface area contributed by atoms with Crippen LogP contribution in [0.1, 0.15) is 6.92 Å². The van der Waals surface area contributed by atoms with Gasteiger partial charge in [-0.2, -0.15) is 5.26 Å². The minimum atomic E-state index is -1.41. The van der Waals surface area contributed by atoms with Crippen molar-refractivity contribution in [2.45, 2.75) is 12.5 Å². The van der Waals surface area contributed by atoms with Crippen molar-refractivity contribution in [3.63, 3.8) is 0 Å². The Kier molecular flexibility index (Phi) is 2.89. The highest BCUT2D eigenvalue weighted by molar-refractivity contribution is 5.17. The predicted octanol–water partition coefficient (Wildman–Crippen LogP) is 0.753. The molecule has 0 spiro atoms. The maximum absolute atomic E-state index is 11.8. The van der Waals surface area contributed by atoms with Gasteiger partial charge < -0.3 is 5.73 Å². The van der Waals surface area contributed by atoms with E-state index in [2.05, 4.69) is 0 Å². The van der Waals surface area contributed by atoms with Crippen molar-refractivity contribution in [2.75, 3.05) is 6.67 Å². The van der Waals surface area contributed by atoms with E-state index < -0.39 is 12.2 Å². The number of allylic oxidation sites excluding steroid dienone is 1. The fourth-order valence-electron chi connectivity index (χ4n) is 0.409. The third-order valence-corrected chi connectivity index (χ3v) is 0.893. The van der Waals surface area contributed by atoms with Crippen LogP contribution in [-0.4, -0.2) is 12.2 Å². The van der Waals surface area contributed by atoms with Gasteiger partial charge in [-0.25, -0.2) is 4.39 Å². The standard InChI is InChI=1S/C6H9FN2/c1-2-3-6(9,4-7)5-8/h2-3H,4,9H2,1H3/b3-2-. The molecule has 0 fully saturated rings. The Bertz CT molecular complexity index is 148. The third kappa shape index (κ3) is 2.24. The van der Waals surface area contributed by atoms with Gasteiger partial charge in [-0.3, -0.25) is 0 Å². The van der Waals surface area contributed by atoms with Crippen LogP contribution in [-0.2, 0) is 0 Å². The number of halogens is 1. The maximum Gasteiger partial charge on any atom is 0.151 e. The first-order chi connectivity index (χ1) is 4.18. The first-order valence-corrected chi connectivity index (χ1v) is 2.58. The van der Waals surface area contributed by atoms with E-state index in [1.54, 1.807) is 19.1 Å². The summed E-state index contributed by atoms with van der Waals surface area (Å²) in [5.74, 6) is 0. The molecule has 0 rings (SSSR count). The van der Waals surface area contributed by atoms with Gasteiger partial charge in [0, 0.05) is 0 Å². The molecule has 0 aromatic heterocycles. The summed E-state index contributed by atoms with van der Waals surface area (Å²) in [4.78, 5) is 0. The predicted molar refractivity (Wildman–Crippen MR) is 33.3 cm³/mol. The molecule has 0 radical (unpaired) electrons. The van der Waals surface area contributed by atoms with E-state index in [0.29, 0.717) is 0 Å². The Morgan fingerprint density at radius 3 is 2.56 bits per heavy atom. The number of hydrogen-bond acceptors (Lipinski definition) is 2. The first kappa shape index (κ1) is 8.12. The van der Waals surface area contributed by atoms with E-state index in [-0.39, 0.29) is 0 Å². The summed E-state index contributed by atoms with van der Waals surface area (Å²) in [6, 6.07) is 1.64. The van der Waals surface area contributed by atoms with E-state index in [1.165, 1.54) is 6.08 Å². The van der Waals surface area contributed by atoms with Crippen molar-refractivity contribution in [1.29, 1.82) is 5.26 Å². The van der Waals surface area contributed by atoms with Crippen LogP contribution in [0.2, 0.25) is 0 Å². The van der Waals surface area contributed by atoms with Crippen molar-refractivity contribution in [1.82, 2.24) is 0 Å². The molecule has 2 N–H and O–H groups in total. The summed E-state index contributed by atoms with van der Waals surface area (Å²) in [7, 11) is 0. The molecular formula is C6H9FN2. The zero-order valence-corrected chi connectivity index (χ0v) is 5.26. The lowest BCUT2D eigenvalue weighted by Gasteiger charge is -2.09. The third-order valence-electron chi connectivity index (χ3n) is 0.893. The lowest BCUT2D eigenvalue weighted by atomic mass is 10.1. The van der Waals surface area contributed by atoms with Crippen molar-refractivity contribution < 1.29 is 4.39 Å². The summed E-state index contributed by atoms with van der Waals surface area (Å²) in [6.45, 7) is 0.850. The molecule has 1 atom stereocenters. The highest BCUT2D eigenvalue weighted by atomic mass is 19.1. The van der Waals surface area contributed by atoms with E-state index >= 15 is 0 Å². The Balaban J connectivity index is 4.14. The molecule has 9 heavy (non-hydrogen) atoms. The molecule has 0 aliphatic heterocycles. The zero-order valence-electron chi connectivity index (χ0n) is 5.26. The van der Waals surface area contributed by atoms with Crippen LogP contribution >= 0.6 is 0 Å². The second kappa shape index (κ2) is 3.21. The van der Waals surface area contributed by atoms with E-state index in [0.717, 1.165) is 0 Å². The smallest absolute Gasteiger partial charge is 0.151 e. The average molecular weight is 128 g/mol. The van der Waals surface area contributed by atoms with Crippen LogP contribution in [0.25, 0.3) is 0 Å². The first-order valence-electron chi connectivity index (χ1n) is 2.58. The Morgan fingerprint density at radius 2 is 2.44 bits per heavy atom. The highest BCUT2D eigenvalue weighted by Crippen LogP contribution is 2.00. The van der Waals surface area contributed by atoms with Gasteiger partial charge in [-0.15, -0.1) is 0 Å². The molecule has 0 aromatic carbocycles. The van der Waals surface area contributed by atoms with Crippen molar-refractivity contribution in [3.05, 3.63) is 12.2 Å². The molecule has 3 heteroatoms. The summed E-state index contributed by atoms with van der Waals surface area (Å²) in [5, 5.41) is 8.25. The van der Waals surface area contributed by atoms with Gasteiger partial charge in [-0.1, -0.05) is 12.2 Å². The summed E-state index contributed by atoms with van der Waals surface area (Å²) in [6.07, 6.45) is 2.90. The Hall–Kier alpha value is -0.880. The van der Waals surface area contributed by atoms with Crippen molar-refractivity contribution >= 4 is 0 Å². The molecule has 0 amide bonds. The molecule has 0 saturated carbocycles. The van der Waals surface area contributed by atoms with E-state index in [9.17, 15) is 4.39 Å². The lowest BCUT2D eigenvalue weighted by Crippen LogP contribution is -2.37. The van der Waals surface area contributed by atoms with Crippen LogP contribution in [0.15, 0.2) is 12.2 Å². The van der Waals surface area contributed by atoms with Gasteiger partial charge in [0.05, 0.1) is 6.07 Å². The van der Waals surface area contributed by atoms with Gasteiger partial charge >= 0.3 is 0 Å². The van der Waals surface area contributed by atoms with Gasteiger partial charge in [0.15, 0.2) is 5.54 Å². The van der Waals surface area contributed by atoms with Gasteiger partial charge in [0.2, 0.25) is 0 Å². The Labute approximate surface area is 53.8 Å². The monoisotopic (exact) mass is 128 g/mol. The van der Waals surface area contributed by atoms with E-state index in [4.69, 9.17) is 11.0 Å². The summed E-state index contributed by atoms with van der Waals surface area (Å²) < 4.78 is 11.8. The molecule has 2 nitrogen and oxygen atoms in total.